The highest BCUT2D eigenvalue weighted by atomic mass is 32.1. The quantitative estimate of drug-likeness (QED) is 0.343. The third-order valence-electron chi connectivity index (χ3n) is 4.87. The van der Waals surface area contributed by atoms with Gasteiger partial charge in [0.1, 0.15) is 11.6 Å². The first-order valence-corrected chi connectivity index (χ1v) is 9.82. The monoisotopic (exact) mass is 403 g/mol. The van der Waals surface area contributed by atoms with Crippen LogP contribution in [0.15, 0.2) is 35.2 Å². The van der Waals surface area contributed by atoms with Gasteiger partial charge in [-0.3, -0.25) is 9.59 Å². The molecule has 1 atom stereocenters. The summed E-state index contributed by atoms with van der Waals surface area (Å²) in [6, 6.07) is 5.37. The van der Waals surface area contributed by atoms with Crippen molar-refractivity contribution in [1.29, 1.82) is 0 Å². The molecule has 0 radical (unpaired) electrons. The molecule has 28 heavy (non-hydrogen) atoms. The van der Waals surface area contributed by atoms with Gasteiger partial charge < -0.3 is 14.7 Å². The van der Waals surface area contributed by atoms with Crippen molar-refractivity contribution >= 4 is 28.8 Å². The highest BCUT2D eigenvalue weighted by Gasteiger charge is 2.46. The lowest BCUT2D eigenvalue weighted by Gasteiger charge is -2.24. The average Bonchev–Trinajstić information content (AvgIpc) is 3.19. The molecule has 5 nitrogen and oxygen atoms in total. The van der Waals surface area contributed by atoms with Crippen molar-refractivity contribution in [2.24, 2.45) is 0 Å². The number of thiophene rings is 1. The minimum absolute atomic E-state index is 0.0407. The van der Waals surface area contributed by atoms with E-state index >= 15 is 0 Å². The summed E-state index contributed by atoms with van der Waals surface area (Å²) >= 11 is 1.43. The zero-order chi connectivity index (χ0) is 20.4. The molecule has 1 aliphatic heterocycles. The smallest absolute Gasteiger partial charge is 0.295 e. The highest BCUT2D eigenvalue weighted by Crippen LogP contribution is 2.42. The number of Topliss-reactive ketones (excluding diaryl/α,β-unsaturated/α-hetero) is 1. The maximum atomic E-state index is 13.6. The molecule has 148 valence electrons. The zero-order valence-electron chi connectivity index (χ0n) is 16.0. The Kier molecular flexibility index (Phi) is 5.96. The molecule has 1 saturated heterocycles. The highest BCUT2D eigenvalue weighted by molar-refractivity contribution is 7.10. The number of halogens is 1. The number of hydrogen-bond donors (Lipinski definition) is 1. The van der Waals surface area contributed by atoms with Crippen molar-refractivity contribution < 1.29 is 23.8 Å². The Morgan fingerprint density at radius 2 is 2.00 bits per heavy atom. The number of ketones is 1. The van der Waals surface area contributed by atoms with Crippen molar-refractivity contribution in [1.82, 2.24) is 4.90 Å². The Morgan fingerprint density at radius 1 is 1.25 bits per heavy atom. The number of carbonyl (C=O) groups excluding carboxylic acids is 2. The van der Waals surface area contributed by atoms with Crippen LogP contribution in [0.4, 0.5) is 4.39 Å². The number of benzene rings is 1. The molecule has 1 N–H and O–H groups in total. The molecule has 1 aromatic heterocycles. The maximum Gasteiger partial charge on any atom is 0.295 e. The van der Waals surface area contributed by atoms with E-state index in [1.54, 1.807) is 14.0 Å². The Morgan fingerprint density at radius 3 is 2.61 bits per heavy atom. The SMILES string of the molecule is COCCCN1C(=O)C(=O)/C(=C(\O)c2ccc(F)c(C)c2)C1c1sccc1C. The first-order valence-electron chi connectivity index (χ1n) is 8.94. The van der Waals surface area contributed by atoms with Gasteiger partial charge in [-0.15, -0.1) is 11.3 Å². The molecule has 1 aromatic carbocycles. The van der Waals surface area contributed by atoms with Crippen LogP contribution in [0.2, 0.25) is 0 Å². The van der Waals surface area contributed by atoms with Crippen molar-refractivity contribution in [3.8, 4) is 0 Å². The molecule has 1 fully saturated rings. The van der Waals surface area contributed by atoms with Crippen LogP contribution in [0.3, 0.4) is 0 Å². The fourth-order valence-electron chi connectivity index (χ4n) is 3.37. The standard InChI is InChI=1S/C21H22FNO4S/c1-12-7-10-28-20(12)17-16(18(24)14-5-6-15(22)13(2)11-14)19(25)21(26)23(17)8-4-9-27-3/h5-7,10-11,17,24H,4,8-9H2,1-3H3/b18-16-. The summed E-state index contributed by atoms with van der Waals surface area (Å²) in [4.78, 5) is 27.9. The number of hydrogen-bond acceptors (Lipinski definition) is 5. The van der Waals surface area contributed by atoms with Crippen LogP contribution in [0.25, 0.3) is 5.76 Å². The summed E-state index contributed by atoms with van der Waals surface area (Å²) in [5, 5.41) is 12.8. The third kappa shape index (κ3) is 3.59. The molecule has 1 amide bonds. The third-order valence-corrected chi connectivity index (χ3v) is 5.94. The number of methoxy groups -OCH3 is 1. The topological polar surface area (TPSA) is 66.8 Å². The molecule has 1 aliphatic rings. The molecule has 1 unspecified atom stereocenters. The zero-order valence-corrected chi connectivity index (χ0v) is 16.8. The lowest BCUT2D eigenvalue weighted by Crippen LogP contribution is -2.31. The van der Waals surface area contributed by atoms with Crippen LogP contribution in [0.1, 0.15) is 34.0 Å². The van der Waals surface area contributed by atoms with Gasteiger partial charge in [0.25, 0.3) is 11.7 Å². The first kappa shape index (κ1) is 20.2. The van der Waals surface area contributed by atoms with E-state index < -0.39 is 23.5 Å². The van der Waals surface area contributed by atoms with Crippen molar-refractivity contribution in [2.45, 2.75) is 26.3 Å². The van der Waals surface area contributed by atoms with E-state index in [1.165, 1.54) is 34.4 Å². The summed E-state index contributed by atoms with van der Waals surface area (Å²) < 4.78 is 18.7. The molecule has 0 aliphatic carbocycles. The second kappa shape index (κ2) is 8.24. The summed E-state index contributed by atoms with van der Waals surface area (Å²) in [7, 11) is 1.58. The van der Waals surface area contributed by atoms with E-state index in [1.807, 2.05) is 18.4 Å². The number of amides is 1. The van der Waals surface area contributed by atoms with E-state index in [9.17, 15) is 19.1 Å². The number of aryl methyl sites for hydroxylation is 2. The van der Waals surface area contributed by atoms with Gasteiger partial charge in [0, 0.05) is 30.7 Å². The average molecular weight is 403 g/mol. The van der Waals surface area contributed by atoms with Crippen molar-refractivity contribution in [3.63, 3.8) is 0 Å². The number of aliphatic hydroxyl groups is 1. The number of likely N-dealkylation sites (tertiary alicyclic amines) is 1. The van der Waals surface area contributed by atoms with E-state index in [-0.39, 0.29) is 11.3 Å². The molecule has 2 heterocycles. The fourth-order valence-corrected chi connectivity index (χ4v) is 4.42. The lowest BCUT2D eigenvalue weighted by molar-refractivity contribution is -0.140. The number of ether oxygens (including phenoxy) is 1. The van der Waals surface area contributed by atoms with Crippen LogP contribution < -0.4 is 0 Å². The maximum absolute atomic E-state index is 13.6. The summed E-state index contributed by atoms with van der Waals surface area (Å²) in [6.07, 6.45) is 0.570. The van der Waals surface area contributed by atoms with Gasteiger partial charge in [0.05, 0.1) is 11.6 Å². The summed E-state index contributed by atoms with van der Waals surface area (Å²) in [5.74, 6) is -2.06. The molecule has 2 aromatic rings. The lowest BCUT2D eigenvalue weighted by atomic mass is 9.97. The largest absolute Gasteiger partial charge is 0.507 e. The van der Waals surface area contributed by atoms with Gasteiger partial charge in [0.15, 0.2) is 0 Å². The predicted molar refractivity (Wildman–Crippen MR) is 106 cm³/mol. The summed E-state index contributed by atoms with van der Waals surface area (Å²) in [5.41, 5.74) is 1.64. The van der Waals surface area contributed by atoms with Crippen LogP contribution in [-0.2, 0) is 14.3 Å². The van der Waals surface area contributed by atoms with Gasteiger partial charge in [-0.1, -0.05) is 0 Å². The van der Waals surface area contributed by atoms with E-state index in [0.717, 1.165) is 10.4 Å². The Bertz CT molecular complexity index is 950. The molecular formula is C21H22FNO4S. The Balaban J connectivity index is 2.13. The number of rotatable bonds is 6. The Hall–Kier alpha value is -2.51. The van der Waals surface area contributed by atoms with Crippen LogP contribution >= 0.6 is 11.3 Å². The minimum Gasteiger partial charge on any atom is -0.507 e. The molecule has 7 heteroatoms. The first-order chi connectivity index (χ1) is 13.4. The van der Waals surface area contributed by atoms with Gasteiger partial charge in [0.2, 0.25) is 0 Å². The second-order valence-electron chi connectivity index (χ2n) is 6.77. The van der Waals surface area contributed by atoms with Gasteiger partial charge in [-0.25, -0.2) is 4.39 Å². The summed E-state index contributed by atoms with van der Waals surface area (Å²) in [6.45, 7) is 4.27. The van der Waals surface area contributed by atoms with Crippen LogP contribution in [0.5, 0.6) is 0 Å². The van der Waals surface area contributed by atoms with E-state index in [2.05, 4.69) is 0 Å². The van der Waals surface area contributed by atoms with Crippen molar-refractivity contribution in [2.75, 3.05) is 20.3 Å². The van der Waals surface area contributed by atoms with Crippen LogP contribution in [0, 0.1) is 19.7 Å². The molecule has 0 saturated carbocycles. The van der Waals surface area contributed by atoms with Crippen LogP contribution in [-0.4, -0.2) is 42.0 Å². The predicted octanol–water partition coefficient (Wildman–Crippen LogP) is 3.96. The van der Waals surface area contributed by atoms with Gasteiger partial charge >= 0.3 is 0 Å². The second-order valence-corrected chi connectivity index (χ2v) is 7.72. The number of aliphatic hydroxyl groups excluding tert-OH is 1. The molecule has 0 spiro atoms. The van der Waals surface area contributed by atoms with E-state index in [4.69, 9.17) is 4.74 Å². The minimum atomic E-state index is -0.727. The van der Waals surface area contributed by atoms with Gasteiger partial charge in [-0.05, 0) is 61.0 Å². The molecular weight excluding hydrogens is 381 g/mol. The van der Waals surface area contributed by atoms with Gasteiger partial charge in [-0.2, -0.15) is 0 Å². The Labute approximate surface area is 167 Å². The van der Waals surface area contributed by atoms with E-state index in [0.29, 0.717) is 30.7 Å². The number of nitrogens with zero attached hydrogens (tertiary/aromatic N) is 1. The molecule has 0 bridgehead atoms. The van der Waals surface area contributed by atoms with Crippen molar-refractivity contribution in [3.05, 3.63) is 62.6 Å². The normalized spacial score (nSPS) is 18.9. The molecule has 3 rings (SSSR count). The number of carbonyl (C=O) groups is 2. The fraction of sp³-hybridized carbons (Fsp3) is 0.333.